The van der Waals surface area contributed by atoms with E-state index in [9.17, 15) is 4.79 Å². The van der Waals surface area contributed by atoms with Gasteiger partial charge in [0.25, 0.3) is 0 Å². The number of carboxylic acids is 1. The van der Waals surface area contributed by atoms with E-state index in [1.54, 1.807) is 0 Å². The molecule has 1 aliphatic rings. The average molecular weight is 277 g/mol. The molecule has 0 amide bonds. The number of aliphatic carboxylic acids is 1. The third-order valence-electron chi connectivity index (χ3n) is 3.81. The number of hydrogen-bond acceptors (Lipinski definition) is 3. The number of nitrogens with zero attached hydrogens (tertiary/aromatic N) is 1. The van der Waals surface area contributed by atoms with Crippen LogP contribution in [0.1, 0.15) is 25.8 Å². The van der Waals surface area contributed by atoms with Crippen LogP contribution in [0.5, 0.6) is 5.75 Å². The molecule has 20 heavy (non-hydrogen) atoms. The predicted molar refractivity (Wildman–Crippen MR) is 77.8 cm³/mol. The molecule has 1 fully saturated rings. The minimum Gasteiger partial charge on any atom is -0.494 e. The first-order valence-corrected chi connectivity index (χ1v) is 7.27. The summed E-state index contributed by atoms with van der Waals surface area (Å²) in [7, 11) is 0. The number of carboxylic acid groups (broad SMARTS) is 1. The molecule has 0 aromatic heterocycles. The van der Waals surface area contributed by atoms with Crippen molar-refractivity contribution >= 4 is 5.97 Å². The summed E-state index contributed by atoms with van der Waals surface area (Å²) in [5, 5.41) is 9.14. The summed E-state index contributed by atoms with van der Waals surface area (Å²) in [5.74, 6) is 0.207. The Kier molecular flexibility index (Phi) is 5.01. The number of likely N-dealkylation sites (tertiary alicyclic amines) is 1. The first-order chi connectivity index (χ1) is 9.60. The normalized spacial score (nSPS) is 22.9. The number of carbonyl (C=O) groups is 1. The Hall–Kier alpha value is -1.55. The molecule has 0 radical (unpaired) electrons. The summed E-state index contributed by atoms with van der Waals surface area (Å²) in [5.41, 5.74) is 1.20. The molecule has 0 aliphatic carbocycles. The molecule has 1 heterocycles. The molecule has 1 aliphatic heterocycles. The maximum Gasteiger partial charge on any atom is 0.308 e. The van der Waals surface area contributed by atoms with Crippen molar-refractivity contribution < 1.29 is 14.6 Å². The van der Waals surface area contributed by atoms with Crippen LogP contribution in [0.2, 0.25) is 0 Å². The van der Waals surface area contributed by atoms with Gasteiger partial charge in [-0.25, -0.2) is 0 Å². The van der Waals surface area contributed by atoms with Gasteiger partial charge in [-0.05, 0) is 30.0 Å². The molecular weight excluding hydrogens is 254 g/mol. The molecule has 2 unspecified atom stereocenters. The lowest BCUT2D eigenvalue weighted by Gasteiger charge is -2.15. The van der Waals surface area contributed by atoms with Crippen LogP contribution in [-0.2, 0) is 11.3 Å². The first-order valence-electron chi connectivity index (χ1n) is 7.27. The fraction of sp³-hybridized carbons (Fsp3) is 0.562. The summed E-state index contributed by atoms with van der Waals surface area (Å²) in [4.78, 5) is 13.3. The van der Waals surface area contributed by atoms with Crippen LogP contribution in [0.15, 0.2) is 24.3 Å². The molecule has 2 rings (SSSR count). The zero-order valence-electron chi connectivity index (χ0n) is 12.2. The fourth-order valence-electron chi connectivity index (χ4n) is 2.69. The van der Waals surface area contributed by atoms with E-state index in [1.165, 1.54) is 5.56 Å². The highest BCUT2D eigenvalue weighted by Gasteiger charge is 2.34. The molecule has 1 saturated heterocycles. The highest BCUT2D eigenvalue weighted by molar-refractivity contribution is 5.71. The minimum atomic E-state index is -0.677. The molecule has 4 heteroatoms. The maximum absolute atomic E-state index is 11.1. The van der Waals surface area contributed by atoms with Gasteiger partial charge < -0.3 is 9.84 Å². The van der Waals surface area contributed by atoms with Gasteiger partial charge in [0.1, 0.15) is 5.75 Å². The van der Waals surface area contributed by atoms with Crippen LogP contribution in [0.3, 0.4) is 0 Å². The topological polar surface area (TPSA) is 49.8 Å². The Morgan fingerprint density at radius 3 is 2.60 bits per heavy atom. The number of benzene rings is 1. The lowest BCUT2D eigenvalue weighted by Crippen LogP contribution is -2.23. The molecule has 1 aromatic carbocycles. The summed E-state index contributed by atoms with van der Waals surface area (Å²) in [6, 6.07) is 8.09. The van der Waals surface area contributed by atoms with Crippen molar-refractivity contribution in [3.8, 4) is 5.75 Å². The lowest BCUT2D eigenvalue weighted by molar-refractivity contribution is -0.142. The average Bonchev–Trinajstić information content (AvgIpc) is 2.79. The van der Waals surface area contributed by atoms with Gasteiger partial charge in [0.2, 0.25) is 0 Å². The molecule has 2 atom stereocenters. The van der Waals surface area contributed by atoms with Crippen LogP contribution >= 0.6 is 0 Å². The van der Waals surface area contributed by atoms with Gasteiger partial charge >= 0.3 is 5.97 Å². The van der Waals surface area contributed by atoms with Crippen molar-refractivity contribution in [1.82, 2.24) is 4.90 Å². The fourth-order valence-corrected chi connectivity index (χ4v) is 2.69. The monoisotopic (exact) mass is 277 g/mol. The van der Waals surface area contributed by atoms with E-state index in [2.05, 4.69) is 24.0 Å². The van der Waals surface area contributed by atoms with Gasteiger partial charge in [-0.15, -0.1) is 0 Å². The van der Waals surface area contributed by atoms with Gasteiger partial charge in [0.05, 0.1) is 12.5 Å². The van der Waals surface area contributed by atoms with Crippen LogP contribution in [0, 0.1) is 11.8 Å². The summed E-state index contributed by atoms with van der Waals surface area (Å²) < 4.78 is 5.55. The van der Waals surface area contributed by atoms with Crippen molar-refractivity contribution in [3.05, 3.63) is 29.8 Å². The van der Waals surface area contributed by atoms with Crippen molar-refractivity contribution in [3.63, 3.8) is 0 Å². The Labute approximate surface area is 120 Å². The molecular formula is C16H23NO3. The van der Waals surface area contributed by atoms with Gasteiger partial charge in [-0.3, -0.25) is 9.69 Å². The van der Waals surface area contributed by atoms with Gasteiger partial charge in [-0.1, -0.05) is 26.0 Å². The van der Waals surface area contributed by atoms with Crippen LogP contribution in [-0.4, -0.2) is 35.7 Å². The van der Waals surface area contributed by atoms with Crippen LogP contribution in [0.25, 0.3) is 0 Å². The Bertz CT molecular complexity index is 444. The largest absolute Gasteiger partial charge is 0.494 e. The Morgan fingerprint density at radius 1 is 1.35 bits per heavy atom. The van der Waals surface area contributed by atoms with Crippen LogP contribution < -0.4 is 4.74 Å². The first kappa shape index (κ1) is 14.9. The molecule has 4 nitrogen and oxygen atoms in total. The molecule has 0 saturated carbocycles. The molecule has 1 N–H and O–H groups in total. The van der Waals surface area contributed by atoms with Crippen molar-refractivity contribution in [2.45, 2.75) is 26.8 Å². The molecule has 1 aromatic rings. The second-order valence-corrected chi connectivity index (χ2v) is 5.61. The van der Waals surface area contributed by atoms with E-state index in [1.807, 2.05) is 19.1 Å². The zero-order chi connectivity index (χ0) is 14.5. The van der Waals surface area contributed by atoms with Gasteiger partial charge in [0, 0.05) is 19.6 Å². The third kappa shape index (κ3) is 3.73. The lowest BCUT2D eigenvalue weighted by atomic mass is 9.99. The van der Waals surface area contributed by atoms with E-state index in [4.69, 9.17) is 9.84 Å². The molecule has 0 bridgehead atoms. The minimum absolute atomic E-state index is 0.222. The maximum atomic E-state index is 11.1. The van der Waals surface area contributed by atoms with E-state index >= 15 is 0 Å². The van der Waals surface area contributed by atoms with Crippen molar-refractivity contribution in [2.75, 3.05) is 19.7 Å². The molecule has 110 valence electrons. The van der Waals surface area contributed by atoms with E-state index in [0.717, 1.165) is 31.9 Å². The zero-order valence-corrected chi connectivity index (χ0v) is 12.2. The number of hydrogen-bond donors (Lipinski definition) is 1. The van der Waals surface area contributed by atoms with E-state index in [0.29, 0.717) is 6.54 Å². The quantitative estimate of drug-likeness (QED) is 0.868. The number of ether oxygens (including phenoxy) is 1. The summed E-state index contributed by atoms with van der Waals surface area (Å²) in [6.45, 7) is 7.14. The Morgan fingerprint density at radius 2 is 2.05 bits per heavy atom. The molecule has 0 spiro atoms. The van der Waals surface area contributed by atoms with E-state index < -0.39 is 5.97 Å². The highest BCUT2D eigenvalue weighted by atomic mass is 16.5. The van der Waals surface area contributed by atoms with Crippen LogP contribution in [0.4, 0.5) is 0 Å². The van der Waals surface area contributed by atoms with E-state index in [-0.39, 0.29) is 11.8 Å². The van der Waals surface area contributed by atoms with Crippen molar-refractivity contribution in [1.29, 1.82) is 0 Å². The smallest absolute Gasteiger partial charge is 0.308 e. The highest BCUT2D eigenvalue weighted by Crippen LogP contribution is 2.25. The Balaban J connectivity index is 1.89. The van der Waals surface area contributed by atoms with Crippen molar-refractivity contribution in [2.24, 2.45) is 11.8 Å². The van der Waals surface area contributed by atoms with Gasteiger partial charge in [0.15, 0.2) is 0 Å². The predicted octanol–water partition coefficient (Wildman–Crippen LogP) is 2.63. The summed E-state index contributed by atoms with van der Waals surface area (Å²) >= 11 is 0. The number of rotatable bonds is 6. The SMILES string of the molecule is CCCOc1ccc(CN2CC(C)C(C(=O)O)C2)cc1. The summed E-state index contributed by atoms with van der Waals surface area (Å²) in [6.07, 6.45) is 1.00. The van der Waals surface area contributed by atoms with Gasteiger partial charge in [-0.2, -0.15) is 0 Å². The third-order valence-corrected chi connectivity index (χ3v) is 3.81. The second kappa shape index (κ2) is 6.75. The second-order valence-electron chi connectivity index (χ2n) is 5.61. The standard InChI is InChI=1S/C16H23NO3/c1-3-8-20-14-6-4-13(5-7-14)10-17-9-12(2)15(11-17)16(18)19/h4-7,12,15H,3,8-11H2,1-2H3,(H,18,19).